The number of ketones is 1. The van der Waals surface area contributed by atoms with Crippen LogP contribution in [0.25, 0.3) is 10.9 Å². The first-order chi connectivity index (χ1) is 8.79. The number of hydrogen-bond donors (Lipinski definition) is 0. The molecular formula is C14H16N2O3. The smallest absolute Gasteiger partial charge is 0.271 e. The number of benzene rings is 1. The summed E-state index contributed by atoms with van der Waals surface area (Å²) in [6.45, 7) is 5.82. The molecule has 5 heteroatoms. The second kappa shape index (κ2) is 4.50. The molecule has 0 aliphatic heterocycles. The van der Waals surface area contributed by atoms with Gasteiger partial charge in [-0.15, -0.1) is 0 Å². The van der Waals surface area contributed by atoms with E-state index in [0.29, 0.717) is 5.52 Å². The van der Waals surface area contributed by atoms with Crippen molar-refractivity contribution in [1.29, 1.82) is 0 Å². The number of Topliss-reactive ketones (excluding diaryl/α,β-unsaturated/α-hetero) is 1. The van der Waals surface area contributed by atoms with E-state index in [1.165, 1.54) is 12.1 Å². The second-order valence-corrected chi connectivity index (χ2v) is 5.62. The minimum atomic E-state index is -0.428. The molecule has 0 bridgehead atoms. The molecule has 100 valence electrons. The first kappa shape index (κ1) is 13.3. The van der Waals surface area contributed by atoms with Gasteiger partial charge in [-0.3, -0.25) is 14.9 Å². The van der Waals surface area contributed by atoms with E-state index >= 15 is 0 Å². The number of nitro benzene ring substituents is 1. The lowest BCUT2D eigenvalue weighted by molar-refractivity contribution is -0.384. The van der Waals surface area contributed by atoms with Crippen LogP contribution in [0, 0.1) is 15.5 Å². The Kier molecular flexibility index (Phi) is 3.14. The first-order valence-electron chi connectivity index (χ1n) is 6.05. The topological polar surface area (TPSA) is 65.1 Å². The molecule has 0 N–H and O–H groups in total. The summed E-state index contributed by atoms with van der Waals surface area (Å²) in [7, 11) is 0. The van der Waals surface area contributed by atoms with Crippen LogP contribution < -0.4 is 0 Å². The molecule has 0 fully saturated rings. The van der Waals surface area contributed by atoms with E-state index in [0.717, 1.165) is 5.39 Å². The highest BCUT2D eigenvalue weighted by molar-refractivity contribution is 5.87. The van der Waals surface area contributed by atoms with Gasteiger partial charge in [0.05, 0.1) is 17.0 Å². The van der Waals surface area contributed by atoms with E-state index in [2.05, 4.69) is 0 Å². The Morgan fingerprint density at radius 3 is 2.58 bits per heavy atom. The van der Waals surface area contributed by atoms with Gasteiger partial charge in [-0.1, -0.05) is 20.8 Å². The molecule has 0 aliphatic carbocycles. The summed E-state index contributed by atoms with van der Waals surface area (Å²) in [5.74, 6) is 0.0940. The summed E-state index contributed by atoms with van der Waals surface area (Å²) in [6.07, 6.45) is 1.79. The van der Waals surface area contributed by atoms with Crippen molar-refractivity contribution in [3.63, 3.8) is 0 Å². The van der Waals surface area contributed by atoms with E-state index in [1.54, 1.807) is 16.8 Å². The van der Waals surface area contributed by atoms with Crippen LogP contribution >= 0.6 is 0 Å². The molecule has 0 atom stereocenters. The standard InChI is InChI=1S/C14H16N2O3/c1-14(2,3)13(17)9-15-7-6-10-4-5-11(16(18)19)8-12(10)15/h4-8H,9H2,1-3H3. The maximum Gasteiger partial charge on any atom is 0.271 e. The van der Waals surface area contributed by atoms with Crippen molar-refractivity contribution in [2.45, 2.75) is 27.3 Å². The number of rotatable bonds is 3. The summed E-state index contributed by atoms with van der Waals surface area (Å²) in [5.41, 5.74) is 0.333. The van der Waals surface area contributed by atoms with Gasteiger partial charge in [-0.25, -0.2) is 0 Å². The number of fused-ring (bicyclic) bond motifs is 1. The molecule has 2 rings (SSSR count). The minimum absolute atomic E-state index is 0.0376. The van der Waals surface area contributed by atoms with Gasteiger partial charge in [0, 0.05) is 29.1 Å². The molecule has 0 radical (unpaired) electrons. The fourth-order valence-corrected chi connectivity index (χ4v) is 1.82. The van der Waals surface area contributed by atoms with Crippen molar-refractivity contribution < 1.29 is 9.72 Å². The lowest BCUT2D eigenvalue weighted by atomic mass is 9.91. The van der Waals surface area contributed by atoms with E-state index in [4.69, 9.17) is 0 Å². The highest BCUT2D eigenvalue weighted by Crippen LogP contribution is 2.23. The molecule has 1 aromatic heterocycles. The van der Waals surface area contributed by atoms with E-state index in [-0.39, 0.29) is 18.0 Å². The lowest BCUT2D eigenvalue weighted by Gasteiger charge is -2.17. The summed E-state index contributed by atoms with van der Waals surface area (Å²) >= 11 is 0. The number of non-ortho nitro benzene ring substituents is 1. The van der Waals surface area contributed by atoms with Gasteiger partial charge in [-0.2, -0.15) is 0 Å². The zero-order valence-corrected chi connectivity index (χ0v) is 11.2. The average Bonchev–Trinajstić information content (AvgIpc) is 2.70. The van der Waals surface area contributed by atoms with Crippen LogP contribution in [0.5, 0.6) is 0 Å². The van der Waals surface area contributed by atoms with Crippen LogP contribution in [-0.4, -0.2) is 15.3 Å². The predicted octanol–water partition coefficient (Wildman–Crippen LogP) is 3.16. The van der Waals surface area contributed by atoms with Crippen LogP contribution in [-0.2, 0) is 11.3 Å². The number of aromatic nitrogens is 1. The third kappa shape index (κ3) is 2.65. The lowest BCUT2D eigenvalue weighted by Crippen LogP contribution is -2.24. The molecule has 5 nitrogen and oxygen atoms in total. The van der Waals surface area contributed by atoms with E-state index in [9.17, 15) is 14.9 Å². The van der Waals surface area contributed by atoms with Crippen LogP contribution in [0.3, 0.4) is 0 Å². The predicted molar refractivity (Wildman–Crippen MR) is 73.1 cm³/mol. The molecule has 0 amide bonds. The highest BCUT2D eigenvalue weighted by Gasteiger charge is 2.22. The summed E-state index contributed by atoms with van der Waals surface area (Å²) in [5, 5.41) is 11.7. The molecule has 2 aromatic rings. The van der Waals surface area contributed by atoms with E-state index < -0.39 is 10.3 Å². The van der Waals surface area contributed by atoms with Crippen molar-refractivity contribution in [3.05, 3.63) is 40.6 Å². The van der Waals surface area contributed by atoms with Crippen LogP contribution in [0.1, 0.15) is 20.8 Å². The second-order valence-electron chi connectivity index (χ2n) is 5.62. The summed E-state index contributed by atoms with van der Waals surface area (Å²) in [6, 6.07) is 6.53. The Labute approximate surface area is 111 Å². The molecular weight excluding hydrogens is 244 g/mol. The fourth-order valence-electron chi connectivity index (χ4n) is 1.82. The van der Waals surface area contributed by atoms with Crippen molar-refractivity contribution >= 4 is 22.4 Å². The van der Waals surface area contributed by atoms with Crippen LogP contribution in [0.4, 0.5) is 5.69 Å². The van der Waals surface area contributed by atoms with Gasteiger partial charge in [0.15, 0.2) is 5.78 Å². The van der Waals surface area contributed by atoms with Gasteiger partial charge in [0.1, 0.15) is 0 Å². The molecule has 0 saturated heterocycles. The van der Waals surface area contributed by atoms with Crippen LogP contribution in [0.2, 0.25) is 0 Å². The van der Waals surface area contributed by atoms with Gasteiger partial charge in [0.25, 0.3) is 5.69 Å². The SMILES string of the molecule is CC(C)(C)C(=O)Cn1ccc2ccc([N+](=O)[O-])cc21. The minimum Gasteiger partial charge on any atom is -0.340 e. The van der Waals surface area contributed by atoms with Gasteiger partial charge in [0.2, 0.25) is 0 Å². The van der Waals surface area contributed by atoms with Gasteiger partial charge >= 0.3 is 0 Å². The summed E-state index contributed by atoms with van der Waals surface area (Å²) in [4.78, 5) is 22.4. The zero-order chi connectivity index (χ0) is 14.2. The fraction of sp³-hybridized carbons (Fsp3) is 0.357. The first-order valence-corrected chi connectivity index (χ1v) is 6.05. The molecule has 0 saturated carbocycles. The van der Waals surface area contributed by atoms with Crippen molar-refractivity contribution in [3.8, 4) is 0 Å². The van der Waals surface area contributed by atoms with Gasteiger partial charge < -0.3 is 4.57 Å². The average molecular weight is 260 g/mol. The Morgan fingerprint density at radius 1 is 1.32 bits per heavy atom. The van der Waals surface area contributed by atoms with Crippen molar-refractivity contribution in [1.82, 2.24) is 4.57 Å². The Hall–Kier alpha value is -2.17. The third-order valence-electron chi connectivity index (χ3n) is 3.12. The maximum atomic E-state index is 12.0. The van der Waals surface area contributed by atoms with Crippen LogP contribution in [0.15, 0.2) is 30.5 Å². The molecule has 0 spiro atoms. The number of carbonyl (C=O) groups is 1. The molecule has 1 aromatic carbocycles. The van der Waals surface area contributed by atoms with E-state index in [1.807, 2.05) is 26.8 Å². The largest absolute Gasteiger partial charge is 0.340 e. The molecule has 0 unspecified atom stereocenters. The normalized spacial score (nSPS) is 11.7. The monoisotopic (exact) mass is 260 g/mol. The third-order valence-corrected chi connectivity index (χ3v) is 3.12. The molecule has 19 heavy (non-hydrogen) atoms. The zero-order valence-electron chi connectivity index (χ0n) is 11.2. The Morgan fingerprint density at radius 2 is 2.00 bits per heavy atom. The maximum absolute atomic E-state index is 12.0. The summed E-state index contributed by atoms with van der Waals surface area (Å²) < 4.78 is 1.76. The number of nitrogens with zero attached hydrogens (tertiary/aromatic N) is 2. The van der Waals surface area contributed by atoms with Crippen molar-refractivity contribution in [2.75, 3.05) is 0 Å². The number of hydrogen-bond acceptors (Lipinski definition) is 3. The van der Waals surface area contributed by atoms with Crippen molar-refractivity contribution in [2.24, 2.45) is 5.41 Å². The quantitative estimate of drug-likeness (QED) is 0.629. The Balaban J connectivity index is 2.41. The number of carbonyl (C=O) groups excluding carboxylic acids is 1. The molecule has 0 aliphatic rings. The molecule has 1 heterocycles. The number of nitro groups is 1. The van der Waals surface area contributed by atoms with Gasteiger partial charge in [-0.05, 0) is 12.1 Å². The Bertz CT molecular complexity index is 650. The highest BCUT2D eigenvalue weighted by atomic mass is 16.6.